The Kier molecular flexibility index (Phi) is 27.1. The Morgan fingerprint density at radius 3 is 1.58 bits per heavy atom. The lowest BCUT2D eigenvalue weighted by Crippen LogP contribution is -2.33. The highest BCUT2D eigenvalue weighted by atomic mass is 32.2. The number of hydrogen-bond acceptors (Lipinski definition) is 17. The van der Waals surface area contributed by atoms with Crippen LogP contribution < -0.4 is 4.90 Å². The molecule has 73 heavy (non-hydrogen) atoms. The minimum absolute atomic E-state index is 0.0348. The third kappa shape index (κ3) is 19.4. The Labute approximate surface area is 432 Å². The first-order valence-electron chi connectivity index (χ1n) is 24.9. The van der Waals surface area contributed by atoms with Gasteiger partial charge in [-0.05, 0) is 88.4 Å². The SMILES string of the molecule is CCN1C(=CC=CC2=[N+](CCCCCC(=O)O)c3ccc(S(=O)(=O)O)cc3C2(C)CCOCCOCCOCCOCCOC)C(C)(CCOCCOCCOCCOCCOC)c2cc(S(=O)(=O)[O-])ccc21. The van der Waals surface area contributed by atoms with Crippen molar-refractivity contribution in [3.63, 3.8) is 0 Å². The fourth-order valence-electron chi connectivity index (χ4n) is 8.80. The number of unbranched alkanes of at least 4 members (excludes halogenated alkanes) is 2. The van der Waals surface area contributed by atoms with Gasteiger partial charge >= 0.3 is 5.97 Å². The van der Waals surface area contributed by atoms with E-state index in [0.29, 0.717) is 155 Å². The summed E-state index contributed by atoms with van der Waals surface area (Å²) in [6.07, 6.45) is 8.46. The van der Waals surface area contributed by atoms with E-state index in [1.807, 2.05) is 39.0 Å². The van der Waals surface area contributed by atoms with E-state index in [1.165, 1.54) is 24.3 Å². The number of benzene rings is 2. The van der Waals surface area contributed by atoms with Gasteiger partial charge in [0, 0.05) is 81.3 Å². The molecule has 4 rings (SSSR count). The van der Waals surface area contributed by atoms with Crippen LogP contribution >= 0.6 is 0 Å². The number of hydrogen-bond donors (Lipinski definition) is 2. The Balaban J connectivity index is 1.58. The number of allylic oxidation sites excluding steroid dienone is 4. The smallest absolute Gasteiger partial charge is 0.303 e. The van der Waals surface area contributed by atoms with Crippen LogP contribution in [0.3, 0.4) is 0 Å². The maximum atomic E-state index is 12.6. The molecule has 2 aromatic carbocycles. The summed E-state index contributed by atoms with van der Waals surface area (Å²) in [7, 11) is -6.13. The highest BCUT2D eigenvalue weighted by Gasteiger charge is 2.48. The predicted molar refractivity (Wildman–Crippen MR) is 271 cm³/mol. The largest absolute Gasteiger partial charge is 0.744 e. The number of fused-ring (bicyclic) bond motifs is 2. The first-order valence-corrected chi connectivity index (χ1v) is 27.7. The molecule has 2 atom stereocenters. The molecule has 0 saturated heterocycles. The van der Waals surface area contributed by atoms with Gasteiger partial charge in [-0.2, -0.15) is 13.0 Å². The van der Waals surface area contributed by atoms with E-state index >= 15 is 0 Å². The molecule has 0 aliphatic carbocycles. The summed E-state index contributed by atoms with van der Waals surface area (Å²) in [4.78, 5) is 12.8. The van der Waals surface area contributed by atoms with Crippen LogP contribution in [0, 0.1) is 0 Å². The normalized spacial score (nSPS) is 18.5. The van der Waals surface area contributed by atoms with Gasteiger partial charge in [-0.1, -0.05) is 6.08 Å². The molecule has 0 spiro atoms. The summed E-state index contributed by atoms with van der Waals surface area (Å²) in [5.74, 6) is -0.874. The van der Waals surface area contributed by atoms with Crippen molar-refractivity contribution in [2.75, 3.05) is 151 Å². The number of likely N-dealkylation sites (N-methyl/N-ethyl adjacent to an activating group) is 1. The van der Waals surface area contributed by atoms with Gasteiger partial charge in [-0.25, -0.2) is 8.42 Å². The monoisotopic (exact) mass is 1070 g/mol. The van der Waals surface area contributed by atoms with Crippen LogP contribution in [-0.2, 0) is 83.2 Å². The van der Waals surface area contributed by atoms with Gasteiger partial charge in [0.1, 0.15) is 16.7 Å². The van der Waals surface area contributed by atoms with Crippen molar-refractivity contribution in [1.29, 1.82) is 0 Å². The molecule has 0 fully saturated rings. The molecule has 2 aliphatic rings. The number of methoxy groups -OCH3 is 2. The molecule has 20 nitrogen and oxygen atoms in total. The van der Waals surface area contributed by atoms with E-state index in [-0.39, 0.29) is 36.0 Å². The van der Waals surface area contributed by atoms with Gasteiger partial charge in [0.2, 0.25) is 5.69 Å². The minimum atomic E-state index is -4.78. The number of carboxylic acids is 1. The van der Waals surface area contributed by atoms with Crippen LogP contribution in [0.15, 0.2) is 70.1 Å². The van der Waals surface area contributed by atoms with Gasteiger partial charge < -0.3 is 61.9 Å². The highest BCUT2D eigenvalue weighted by molar-refractivity contribution is 7.86. The molecule has 0 aromatic heterocycles. The number of rotatable bonds is 41. The minimum Gasteiger partial charge on any atom is -0.744 e. The Bertz CT molecular complexity index is 2330. The number of nitrogens with zero attached hydrogens (tertiary/aromatic N) is 2. The summed E-state index contributed by atoms with van der Waals surface area (Å²) in [5.41, 5.74) is 2.81. The van der Waals surface area contributed by atoms with Crippen molar-refractivity contribution in [2.45, 2.75) is 79.9 Å². The van der Waals surface area contributed by atoms with Crippen LogP contribution in [0.2, 0.25) is 0 Å². The summed E-state index contributed by atoms with van der Waals surface area (Å²) in [5, 5.41) is 9.30. The highest BCUT2D eigenvalue weighted by Crippen LogP contribution is 2.51. The third-order valence-corrected chi connectivity index (χ3v) is 14.4. The molecule has 412 valence electrons. The zero-order valence-electron chi connectivity index (χ0n) is 43.2. The fraction of sp³-hybridized carbons (Fsp3) is 0.647. The molecule has 2 N–H and O–H groups in total. The maximum absolute atomic E-state index is 12.6. The molecular weight excluding hydrogens is 993 g/mol. The molecule has 0 saturated carbocycles. The van der Waals surface area contributed by atoms with Gasteiger partial charge in [0.25, 0.3) is 10.1 Å². The lowest BCUT2D eigenvalue weighted by molar-refractivity contribution is -0.438. The summed E-state index contributed by atoms with van der Waals surface area (Å²) < 4.78 is 130. The Morgan fingerprint density at radius 1 is 0.644 bits per heavy atom. The third-order valence-electron chi connectivity index (χ3n) is 12.7. The number of anilines is 1. The summed E-state index contributed by atoms with van der Waals surface area (Å²) >= 11 is 0. The van der Waals surface area contributed by atoms with E-state index in [1.54, 1.807) is 26.4 Å². The molecule has 0 bridgehead atoms. The van der Waals surface area contributed by atoms with Gasteiger partial charge in [0.05, 0.1) is 121 Å². The van der Waals surface area contributed by atoms with Crippen LogP contribution in [0.1, 0.15) is 70.4 Å². The first-order chi connectivity index (χ1) is 35.0. The van der Waals surface area contributed by atoms with E-state index in [9.17, 15) is 35.8 Å². The second-order valence-electron chi connectivity index (χ2n) is 17.7. The lowest BCUT2D eigenvalue weighted by atomic mass is 9.76. The van der Waals surface area contributed by atoms with E-state index in [2.05, 4.69) is 9.48 Å². The molecule has 2 unspecified atom stereocenters. The molecular formula is C51H78N2O18S2. The topological polar surface area (TPSA) is 247 Å². The predicted octanol–water partition coefficient (Wildman–Crippen LogP) is 5.28. The quantitative estimate of drug-likeness (QED) is 0.0488. The van der Waals surface area contributed by atoms with Gasteiger partial charge in [-0.15, -0.1) is 0 Å². The second kappa shape index (κ2) is 32.0. The average Bonchev–Trinajstić information content (AvgIpc) is 3.72. The average molecular weight is 1070 g/mol. The van der Waals surface area contributed by atoms with Gasteiger partial charge in [0.15, 0.2) is 5.71 Å². The molecule has 0 radical (unpaired) electrons. The van der Waals surface area contributed by atoms with Crippen LogP contribution in [0.5, 0.6) is 0 Å². The number of aliphatic carboxylic acids is 1. The maximum Gasteiger partial charge on any atom is 0.303 e. The first kappa shape index (κ1) is 61.8. The summed E-state index contributed by atoms with van der Waals surface area (Å²) in [6.45, 7) is 14.1. The van der Waals surface area contributed by atoms with Gasteiger partial charge in [-0.3, -0.25) is 9.35 Å². The van der Waals surface area contributed by atoms with Crippen molar-refractivity contribution in [1.82, 2.24) is 0 Å². The van der Waals surface area contributed by atoms with Crippen molar-refractivity contribution >= 4 is 43.3 Å². The van der Waals surface area contributed by atoms with Crippen LogP contribution in [0.25, 0.3) is 0 Å². The zero-order valence-corrected chi connectivity index (χ0v) is 44.9. The fourth-order valence-corrected chi connectivity index (χ4v) is 9.80. The van der Waals surface area contributed by atoms with E-state index < -0.39 is 37.0 Å². The molecule has 2 aliphatic heterocycles. The lowest BCUT2D eigenvalue weighted by Gasteiger charge is -2.30. The number of ether oxygens (including phenoxy) is 10. The molecule has 0 amide bonds. The van der Waals surface area contributed by atoms with Crippen molar-refractivity contribution < 1.29 is 87.8 Å². The number of carbonyl (C=O) groups is 1. The van der Waals surface area contributed by atoms with Crippen LogP contribution in [0.4, 0.5) is 11.4 Å². The standard InChI is InChI=1S/C51H78N2O18S2/c1-6-52-45-16-14-41(72(56,57)58)39-43(45)50(2,18-21-64-27-29-68-35-37-70-33-31-66-25-23-62-4)47(52)11-10-12-48-51(3,19-22-65-28-30-69-36-38-71-34-32-67-26-24-63-5)44-40-42(73(59,60)61)15-17-46(44)53(48)20-9-7-8-13-49(54)55/h10-12,14-17,39-40H,6-9,13,18-38H2,1-5H3,(H2-,54,55,56,57,58,59,60,61). The molecule has 2 aromatic rings. The zero-order chi connectivity index (χ0) is 53.2. The molecule has 22 heteroatoms. The Morgan fingerprint density at radius 2 is 1.11 bits per heavy atom. The molecule has 2 heterocycles. The van der Waals surface area contributed by atoms with Crippen molar-refractivity contribution in [3.8, 4) is 0 Å². The second-order valence-corrected chi connectivity index (χ2v) is 20.5. The van der Waals surface area contributed by atoms with Crippen molar-refractivity contribution in [3.05, 3.63) is 71.5 Å². The summed E-state index contributed by atoms with van der Waals surface area (Å²) in [6, 6.07) is 9.00. The van der Waals surface area contributed by atoms with E-state index in [0.717, 1.165) is 22.8 Å². The van der Waals surface area contributed by atoms with E-state index in [4.69, 9.17) is 47.4 Å². The number of carboxylic acid groups (broad SMARTS) is 1. The van der Waals surface area contributed by atoms with Crippen molar-refractivity contribution in [2.24, 2.45) is 0 Å². The van der Waals surface area contributed by atoms with Crippen LogP contribution in [-0.4, -0.2) is 194 Å². The Hall–Kier alpha value is -3.72.